The normalized spacial score (nSPS) is 28.9. The number of hydrogen-bond acceptors (Lipinski definition) is 8. The number of aliphatic carboxylic acids is 1. The average molecular weight is 499 g/mol. The van der Waals surface area contributed by atoms with Crippen molar-refractivity contribution in [3.63, 3.8) is 0 Å². The molecule has 0 saturated carbocycles. The molecule has 35 heavy (non-hydrogen) atoms. The lowest BCUT2D eigenvalue weighted by atomic mass is 9.96. The van der Waals surface area contributed by atoms with Gasteiger partial charge in [-0.1, -0.05) is 29.4 Å². The Labute approximate surface area is 207 Å². The zero-order valence-corrected chi connectivity index (χ0v) is 21.1. The van der Waals surface area contributed by atoms with Gasteiger partial charge in [0.05, 0.1) is 18.3 Å². The molecule has 1 fully saturated rings. The maximum Gasteiger partial charge on any atom is 0.331 e. The van der Waals surface area contributed by atoms with E-state index in [0.717, 1.165) is 24.0 Å². The molecule has 0 aromatic heterocycles. The van der Waals surface area contributed by atoms with Crippen molar-refractivity contribution >= 4 is 5.97 Å². The van der Waals surface area contributed by atoms with Crippen LogP contribution in [0.3, 0.4) is 0 Å². The van der Waals surface area contributed by atoms with Gasteiger partial charge in [0.25, 0.3) is 0 Å². The van der Waals surface area contributed by atoms with Gasteiger partial charge in [0, 0.05) is 5.57 Å². The summed E-state index contributed by atoms with van der Waals surface area (Å²) in [6, 6.07) is 0. The van der Waals surface area contributed by atoms with E-state index in [1.807, 2.05) is 19.9 Å². The van der Waals surface area contributed by atoms with E-state index in [4.69, 9.17) is 14.6 Å². The van der Waals surface area contributed by atoms with E-state index in [9.17, 15) is 30.3 Å². The second kappa shape index (κ2) is 14.6. The Bertz CT molecular complexity index is 786. The lowest BCUT2D eigenvalue weighted by molar-refractivity contribution is -0.319. The maximum absolute atomic E-state index is 10.8. The molecule has 1 aliphatic heterocycles. The molecule has 6 N–H and O–H groups in total. The summed E-state index contributed by atoms with van der Waals surface area (Å²) in [5, 5.41) is 58.3. The molecule has 1 aliphatic rings. The Hall–Kier alpha value is -1.85. The van der Waals surface area contributed by atoms with Crippen LogP contribution in [0.15, 0.2) is 47.6 Å². The number of carboxylic acid groups (broad SMARTS) is 1. The lowest BCUT2D eigenvalue weighted by Gasteiger charge is -2.42. The highest BCUT2D eigenvalue weighted by atomic mass is 16.7. The van der Waals surface area contributed by atoms with E-state index in [-0.39, 0.29) is 5.57 Å². The van der Waals surface area contributed by atoms with Crippen molar-refractivity contribution in [1.82, 2.24) is 0 Å². The van der Waals surface area contributed by atoms with Crippen LogP contribution in [0, 0.1) is 0 Å². The summed E-state index contributed by atoms with van der Waals surface area (Å²) in [5.41, 5.74) is 1.38. The van der Waals surface area contributed by atoms with Gasteiger partial charge in [-0.2, -0.15) is 0 Å². The molecule has 0 aromatic rings. The van der Waals surface area contributed by atoms with Crippen LogP contribution in [0.5, 0.6) is 0 Å². The standard InChI is InChI=1S/C26H42O9/c1-6-26(5,35-25-23(31)22(30)21(29)20(15-27)34-25)12-8-11-16(2)9-7-10-17(3)13-19(28)14-18(4)24(32)33/h6,10-11,14,19-23,25,27-31H,1,7-9,12-13,15H2,2-5H3,(H,32,33)/b16-11+,17-10+,18-14+/t19?,20-,21-,22+,23-,25+,26?/m1/s1. The molecule has 2 unspecified atom stereocenters. The number of aliphatic hydroxyl groups excluding tert-OH is 5. The van der Waals surface area contributed by atoms with Crippen LogP contribution in [0.2, 0.25) is 0 Å². The maximum atomic E-state index is 10.8. The van der Waals surface area contributed by atoms with Crippen LogP contribution in [-0.4, -0.2) is 85.6 Å². The van der Waals surface area contributed by atoms with Crippen LogP contribution in [0.1, 0.15) is 59.8 Å². The van der Waals surface area contributed by atoms with Gasteiger partial charge in [0.1, 0.15) is 24.4 Å². The largest absolute Gasteiger partial charge is 0.478 e. The third-order valence-corrected chi connectivity index (χ3v) is 6.14. The van der Waals surface area contributed by atoms with E-state index >= 15 is 0 Å². The van der Waals surface area contributed by atoms with Crippen molar-refractivity contribution in [1.29, 1.82) is 0 Å². The molecule has 0 radical (unpaired) electrons. The summed E-state index contributed by atoms with van der Waals surface area (Å²) in [5.74, 6) is -1.04. The van der Waals surface area contributed by atoms with Gasteiger partial charge < -0.3 is 40.1 Å². The Morgan fingerprint density at radius 2 is 1.71 bits per heavy atom. The summed E-state index contributed by atoms with van der Waals surface area (Å²) in [6.45, 7) is 10.4. The summed E-state index contributed by atoms with van der Waals surface area (Å²) in [6.07, 6.45) is 2.68. The fourth-order valence-electron chi connectivity index (χ4n) is 3.72. The summed E-state index contributed by atoms with van der Waals surface area (Å²) in [7, 11) is 0. The molecule has 9 heteroatoms. The third-order valence-electron chi connectivity index (χ3n) is 6.14. The number of ether oxygens (including phenoxy) is 2. The topological polar surface area (TPSA) is 157 Å². The highest BCUT2D eigenvalue weighted by molar-refractivity contribution is 5.85. The third kappa shape index (κ3) is 10.3. The highest BCUT2D eigenvalue weighted by Crippen LogP contribution is 2.29. The summed E-state index contributed by atoms with van der Waals surface area (Å²) in [4.78, 5) is 10.8. The monoisotopic (exact) mass is 498 g/mol. The minimum atomic E-state index is -1.50. The molecule has 0 spiro atoms. The van der Waals surface area contributed by atoms with Crippen molar-refractivity contribution in [2.75, 3.05) is 6.61 Å². The van der Waals surface area contributed by atoms with Gasteiger partial charge in [-0.3, -0.25) is 0 Å². The summed E-state index contributed by atoms with van der Waals surface area (Å²) >= 11 is 0. The van der Waals surface area contributed by atoms with E-state index in [1.54, 1.807) is 13.0 Å². The Kier molecular flexibility index (Phi) is 13.0. The Balaban J connectivity index is 2.57. The van der Waals surface area contributed by atoms with Crippen molar-refractivity contribution < 1.29 is 44.9 Å². The van der Waals surface area contributed by atoms with Gasteiger partial charge >= 0.3 is 5.97 Å². The van der Waals surface area contributed by atoms with Gasteiger partial charge in [-0.15, -0.1) is 6.58 Å². The quantitative estimate of drug-likeness (QED) is 0.156. The lowest BCUT2D eigenvalue weighted by Crippen LogP contribution is -2.60. The highest BCUT2D eigenvalue weighted by Gasteiger charge is 2.45. The number of hydrogen-bond donors (Lipinski definition) is 6. The fraction of sp³-hybridized carbons (Fsp3) is 0.654. The van der Waals surface area contributed by atoms with E-state index < -0.39 is 55.0 Å². The molecule has 0 aromatic carbocycles. The molecule has 0 amide bonds. The van der Waals surface area contributed by atoms with Crippen LogP contribution >= 0.6 is 0 Å². The second-order valence-corrected chi connectivity index (χ2v) is 9.44. The molecule has 200 valence electrons. The van der Waals surface area contributed by atoms with Crippen molar-refractivity contribution in [2.24, 2.45) is 0 Å². The molecule has 0 bridgehead atoms. The Morgan fingerprint density at radius 3 is 2.29 bits per heavy atom. The number of aliphatic hydroxyl groups is 5. The van der Waals surface area contributed by atoms with Crippen molar-refractivity contribution in [3.05, 3.63) is 47.6 Å². The van der Waals surface area contributed by atoms with Crippen molar-refractivity contribution in [3.8, 4) is 0 Å². The Morgan fingerprint density at radius 1 is 1.09 bits per heavy atom. The van der Waals surface area contributed by atoms with E-state index in [1.165, 1.54) is 13.0 Å². The first-order valence-corrected chi connectivity index (χ1v) is 11.9. The predicted octanol–water partition coefficient (Wildman–Crippen LogP) is 1.98. The van der Waals surface area contributed by atoms with E-state index in [0.29, 0.717) is 19.3 Å². The van der Waals surface area contributed by atoms with Gasteiger partial charge in [-0.05, 0) is 65.9 Å². The van der Waals surface area contributed by atoms with Crippen LogP contribution in [-0.2, 0) is 14.3 Å². The number of carbonyl (C=O) groups is 1. The molecule has 9 nitrogen and oxygen atoms in total. The second-order valence-electron chi connectivity index (χ2n) is 9.44. The van der Waals surface area contributed by atoms with Crippen molar-refractivity contribution in [2.45, 2.75) is 102 Å². The molecular weight excluding hydrogens is 456 g/mol. The van der Waals surface area contributed by atoms with Gasteiger partial charge in [-0.25, -0.2) is 4.79 Å². The zero-order valence-electron chi connectivity index (χ0n) is 21.1. The molecule has 7 atom stereocenters. The van der Waals surface area contributed by atoms with Crippen LogP contribution in [0.25, 0.3) is 0 Å². The number of carboxylic acids is 1. The summed E-state index contributed by atoms with van der Waals surface area (Å²) < 4.78 is 11.3. The molecule has 1 heterocycles. The fourth-order valence-corrected chi connectivity index (χ4v) is 3.72. The first-order valence-electron chi connectivity index (χ1n) is 11.9. The van der Waals surface area contributed by atoms with Gasteiger partial charge in [0.2, 0.25) is 0 Å². The average Bonchev–Trinajstić information content (AvgIpc) is 2.79. The molecular formula is C26H42O9. The first-order chi connectivity index (χ1) is 16.3. The molecule has 0 aliphatic carbocycles. The van der Waals surface area contributed by atoms with Gasteiger partial charge in [0.15, 0.2) is 6.29 Å². The molecule has 1 rings (SSSR count). The molecule has 1 saturated heterocycles. The van der Waals surface area contributed by atoms with Crippen LogP contribution < -0.4 is 0 Å². The smallest absolute Gasteiger partial charge is 0.331 e. The SMILES string of the molecule is C=CC(C)(CC/C=C(\C)CC/C=C(\C)CC(O)/C=C(\C)C(=O)O)O[C@@H]1O[C@H](CO)[C@@H](O)[C@H](O)[C@H]1O. The number of allylic oxidation sites excluding steroid dienone is 3. The minimum Gasteiger partial charge on any atom is -0.478 e. The number of rotatable bonds is 14. The first kappa shape index (κ1) is 31.2. The van der Waals surface area contributed by atoms with Crippen LogP contribution in [0.4, 0.5) is 0 Å². The minimum absolute atomic E-state index is 0.117. The predicted molar refractivity (Wildman–Crippen MR) is 131 cm³/mol. The van der Waals surface area contributed by atoms with E-state index in [2.05, 4.69) is 12.7 Å². The zero-order chi connectivity index (χ0) is 26.8.